The molecule has 53 heavy (non-hydrogen) atoms. The normalized spacial score (nSPS) is 11.4. The average Bonchev–Trinajstić information content (AvgIpc) is 3.58. The lowest BCUT2D eigenvalue weighted by atomic mass is 10.0. The van der Waals surface area contributed by atoms with Gasteiger partial charge in [-0.25, -0.2) is 19.9 Å². The van der Waals surface area contributed by atoms with Crippen molar-refractivity contribution >= 4 is 32.7 Å². The highest BCUT2D eigenvalue weighted by atomic mass is 15.0. The summed E-state index contributed by atoms with van der Waals surface area (Å²) in [6, 6.07) is 65.0. The van der Waals surface area contributed by atoms with Gasteiger partial charge in [-0.2, -0.15) is 0 Å². The molecule has 0 atom stereocenters. The molecule has 10 rings (SSSR count). The molecule has 0 radical (unpaired) electrons. The molecule has 0 saturated heterocycles. The van der Waals surface area contributed by atoms with Crippen molar-refractivity contribution in [3.8, 4) is 62.2 Å². The molecule has 0 fully saturated rings. The van der Waals surface area contributed by atoms with Gasteiger partial charge in [0.25, 0.3) is 0 Å². The van der Waals surface area contributed by atoms with Gasteiger partial charge in [0.2, 0.25) is 0 Å². The number of fused-ring (bicyclic) bond motifs is 4. The first kappa shape index (κ1) is 30.6. The largest absolute Gasteiger partial charge is 0.309 e. The van der Waals surface area contributed by atoms with E-state index in [4.69, 9.17) is 19.9 Å². The Bertz CT molecular complexity index is 2860. The molecule has 3 heterocycles. The summed E-state index contributed by atoms with van der Waals surface area (Å²) in [5.74, 6) is 1.31. The quantitative estimate of drug-likeness (QED) is 0.176. The number of rotatable bonds is 6. The molecule has 10 aromatic rings. The van der Waals surface area contributed by atoms with E-state index in [1.807, 2.05) is 84.9 Å². The van der Waals surface area contributed by atoms with Crippen molar-refractivity contribution < 1.29 is 0 Å². The highest BCUT2D eigenvalue weighted by Crippen LogP contribution is 2.35. The second kappa shape index (κ2) is 12.8. The number of aromatic nitrogens is 5. The molecule has 0 aliphatic rings. The van der Waals surface area contributed by atoms with Crippen LogP contribution >= 0.6 is 0 Å². The molecule has 0 unspecified atom stereocenters. The fourth-order valence-electron chi connectivity index (χ4n) is 7.26. The van der Waals surface area contributed by atoms with Crippen molar-refractivity contribution in [2.75, 3.05) is 0 Å². The van der Waals surface area contributed by atoms with Crippen LogP contribution in [0.25, 0.3) is 94.9 Å². The van der Waals surface area contributed by atoms with Crippen molar-refractivity contribution in [3.05, 3.63) is 188 Å². The summed E-state index contributed by atoms with van der Waals surface area (Å²) in [7, 11) is 0. The number of benzene rings is 7. The van der Waals surface area contributed by atoms with Crippen LogP contribution in [0.2, 0.25) is 0 Å². The Balaban J connectivity index is 1.05. The van der Waals surface area contributed by atoms with Crippen LogP contribution in [0.5, 0.6) is 0 Å². The first-order chi connectivity index (χ1) is 26.3. The number of hydrogen-bond donors (Lipinski definition) is 0. The maximum Gasteiger partial charge on any atom is 0.160 e. The predicted octanol–water partition coefficient (Wildman–Crippen LogP) is 11.9. The van der Waals surface area contributed by atoms with Gasteiger partial charge in [-0.1, -0.05) is 152 Å². The maximum absolute atomic E-state index is 5.12. The molecule has 0 aliphatic heterocycles. The lowest BCUT2D eigenvalue weighted by Gasteiger charge is -2.12. The van der Waals surface area contributed by atoms with Crippen LogP contribution < -0.4 is 0 Å². The third-order valence-corrected chi connectivity index (χ3v) is 9.86. The average molecular weight is 678 g/mol. The molecule has 248 valence electrons. The fraction of sp³-hybridized carbons (Fsp3) is 0. The van der Waals surface area contributed by atoms with Crippen molar-refractivity contribution in [1.82, 2.24) is 24.5 Å². The van der Waals surface area contributed by atoms with E-state index in [-0.39, 0.29) is 0 Å². The number of para-hydroxylation sites is 3. The summed E-state index contributed by atoms with van der Waals surface area (Å²) >= 11 is 0. The van der Waals surface area contributed by atoms with E-state index in [2.05, 4.69) is 108 Å². The minimum absolute atomic E-state index is 0.645. The summed E-state index contributed by atoms with van der Waals surface area (Å²) in [6.45, 7) is 0. The molecule has 0 bridgehead atoms. The molecule has 0 amide bonds. The Labute approximate surface area is 306 Å². The zero-order valence-electron chi connectivity index (χ0n) is 28.6. The minimum atomic E-state index is 0.645. The van der Waals surface area contributed by atoms with Gasteiger partial charge in [-0.3, -0.25) is 0 Å². The molecule has 7 aromatic carbocycles. The van der Waals surface area contributed by atoms with Gasteiger partial charge < -0.3 is 4.57 Å². The van der Waals surface area contributed by atoms with E-state index >= 15 is 0 Å². The molecular weight excluding hydrogens is 647 g/mol. The van der Waals surface area contributed by atoms with Crippen molar-refractivity contribution in [2.24, 2.45) is 0 Å². The first-order valence-electron chi connectivity index (χ1n) is 17.7. The topological polar surface area (TPSA) is 56.5 Å². The van der Waals surface area contributed by atoms with Gasteiger partial charge in [0.15, 0.2) is 11.6 Å². The predicted molar refractivity (Wildman–Crippen MR) is 217 cm³/mol. The van der Waals surface area contributed by atoms with Gasteiger partial charge in [0, 0.05) is 38.5 Å². The highest BCUT2D eigenvalue weighted by Gasteiger charge is 2.17. The SMILES string of the molecule is c1ccc(-c2nc(-c3ccc(-c4ccc(-n5c6ccccc6c6ccccc65)cc4)cc3)cc(-c3nc(-c4ccccc4)nc4ccccc34)n2)cc1. The Morgan fingerprint density at radius 2 is 0.792 bits per heavy atom. The Morgan fingerprint density at radius 3 is 1.42 bits per heavy atom. The van der Waals surface area contributed by atoms with E-state index in [1.54, 1.807) is 0 Å². The van der Waals surface area contributed by atoms with Gasteiger partial charge in [0.1, 0.15) is 5.69 Å². The summed E-state index contributed by atoms with van der Waals surface area (Å²) < 4.78 is 2.35. The standard InChI is InChI=1S/C48H31N5/c1-3-13-35(14-4-1)47-50-42(31-43(51-47)46-40-19-7-10-20-41(40)49-48(52-46)36-15-5-2-6-16-36)34-25-23-32(24-26-34)33-27-29-37(30-28-33)53-44-21-11-8-17-38(44)39-18-9-12-22-45(39)53/h1-31H. The molecule has 0 N–H and O–H groups in total. The third-order valence-electron chi connectivity index (χ3n) is 9.86. The van der Waals surface area contributed by atoms with E-state index < -0.39 is 0 Å². The molecule has 5 heteroatoms. The highest BCUT2D eigenvalue weighted by molar-refractivity contribution is 6.09. The van der Waals surface area contributed by atoms with Crippen LogP contribution in [-0.4, -0.2) is 24.5 Å². The summed E-state index contributed by atoms with van der Waals surface area (Å²) in [4.78, 5) is 20.3. The van der Waals surface area contributed by atoms with Crippen LogP contribution in [0.4, 0.5) is 0 Å². The summed E-state index contributed by atoms with van der Waals surface area (Å²) in [6.07, 6.45) is 0. The smallest absolute Gasteiger partial charge is 0.160 e. The van der Waals surface area contributed by atoms with Crippen LogP contribution in [0.15, 0.2) is 188 Å². The van der Waals surface area contributed by atoms with Crippen LogP contribution in [0, 0.1) is 0 Å². The van der Waals surface area contributed by atoms with Crippen molar-refractivity contribution in [1.29, 1.82) is 0 Å². The minimum Gasteiger partial charge on any atom is -0.309 e. The molecule has 0 saturated carbocycles. The maximum atomic E-state index is 5.12. The Morgan fingerprint density at radius 1 is 0.321 bits per heavy atom. The van der Waals surface area contributed by atoms with Gasteiger partial charge in [-0.05, 0) is 47.5 Å². The van der Waals surface area contributed by atoms with E-state index in [0.717, 1.165) is 61.5 Å². The van der Waals surface area contributed by atoms with E-state index in [0.29, 0.717) is 11.6 Å². The van der Waals surface area contributed by atoms with Crippen LogP contribution in [0.3, 0.4) is 0 Å². The Kier molecular flexibility index (Phi) is 7.40. The summed E-state index contributed by atoms with van der Waals surface area (Å²) in [5.41, 5.74) is 11.9. The van der Waals surface area contributed by atoms with Gasteiger partial charge in [0.05, 0.1) is 27.9 Å². The first-order valence-corrected chi connectivity index (χ1v) is 17.7. The van der Waals surface area contributed by atoms with Crippen molar-refractivity contribution in [2.45, 2.75) is 0 Å². The molecule has 5 nitrogen and oxygen atoms in total. The van der Waals surface area contributed by atoms with E-state index in [1.165, 1.54) is 21.8 Å². The molecule has 0 spiro atoms. The van der Waals surface area contributed by atoms with Crippen LogP contribution in [-0.2, 0) is 0 Å². The molecule has 0 aliphatic carbocycles. The van der Waals surface area contributed by atoms with Gasteiger partial charge in [-0.15, -0.1) is 0 Å². The zero-order chi connectivity index (χ0) is 35.1. The lowest BCUT2D eigenvalue weighted by molar-refractivity contribution is 1.15. The summed E-state index contributed by atoms with van der Waals surface area (Å²) in [5, 5.41) is 3.46. The fourth-order valence-corrected chi connectivity index (χ4v) is 7.26. The number of hydrogen-bond acceptors (Lipinski definition) is 4. The monoisotopic (exact) mass is 677 g/mol. The number of nitrogens with zero attached hydrogens (tertiary/aromatic N) is 5. The van der Waals surface area contributed by atoms with Crippen molar-refractivity contribution in [3.63, 3.8) is 0 Å². The third kappa shape index (κ3) is 5.52. The van der Waals surface area contributed by atoms with Gasteiger partial charge >= 0.3 is 0 Å². The lowest BCUT2D eigenvalue weighted by Crippen LogP contribution is -2.00. The van der Waals surface area contributed by atoms with Crippen LogP contribution in [0.1, 0.15) is 0 Å². The molecule has 3 aromatic heterocycles. The second-order valence-corrected chi connectivity index (χ2v) is 13.1. The van der Waals surface area contributed by atoms with E-state index in [9.17, 15) is 0 Å². The zero-order valence-corrected chi connectivity index (χ0v) is 28.6. The molecular formula is C48H31N5. The Hall–Kier alpha value is -7.24. The second-order valence-electron chi connectivity index (χ2n) is 13.1.